The fourth-order valence-electron chi connectivity index (χ4n) is 2.25. The third-order valence-electron chi connectivity index (χ3n) is 3.25. The van der Waals surface area contributed by atoms with Crippen molar-refractivity contribution in [2.24, 2.45) is 7.05 Å². The summed E-state index contributed by atoms with van der Waals surface area (Å²) < 4.78 is 6.34. The number of methoxy groups -OCH3 is 1. The molecule has 7 heteroatoms. The maximum Gasteiger partial charge on any atom is 0.305 e. The fraction of sp³-hybridized carbons (Fsp3) is 0.571. The van der Waals surface area contributed by atoms with Crippen molar-refractivity contribution < 1.29 is 9.53 Å². The Morgan fingerprint density at radius 2 is 2.10 bits per heavy atom. The van der Waals surface area contributed by atoms with Gasteiger partial charge in [0.15, 0.2) is 5.15 Å². The van der Waals surface area contributed by atoms with E-state index in [2.05, 4.69) is 26.7 Å². The van der Waals surface area contributed by atoms with E-state index >= 15 is 0 Å². The molecule has 0 atom stereocenters. The Morgan fingerprint density at radius 1 is 1.33 bits per heavy atom. The highest BCUT2D eigenvalue weighted by Gasteiger charge is 2.15. The zero-order valence-electron chi connectivity index (χ0n) is 12.5. The molecule has 0 aromatic carbocycles. The molecule has 2 aromatic heterocycles. The van der Waals surface area contributed by atoms with E-state index in [-0.39, 0.29) is 5.97 Å². The summed E-state index contributed by atoms with van der Waals surface area (Å²) >= 11 is 6.25. The van der Waals surface area contributed by atoms with E-state index in [0.29, 0.717) is 30.2 Å². The molecule has 2 heterocycles. The van der Waals surface area contributed by atoms with Gasteiger partial charge in [0.1, 0.15) is 16.9 Å². The van der Waals surface area contributed by atoms with Crippen LogP contribution in [-0.2, 0) is 29.4 Å². The molecule has 21 heavy (non-hydrogen) atoms. The Labute approximate surface area is 128 Å². The molecule has 6 nitrogen and oxygen atoms in total. The van der Waals surface area contributed by atoms with E-state index in [1.165, 1.54) is 7.11 Å². The SMILES string of the molecule is CCCc1nn(C)c2c(Cl)nc(CCCC(=O)OC)nc12. The monoisotopic (exact) mass is 310 g/mol. The highest BCUT2D eigenvalue weighted by Crippen LogP contribution is 2.24. The van der Waals surface area contributed by atoms with Crippen LogP contribution in [0.3, 0.4) is 0 Å². The first-order chi connectivity index (χ1) is 10.1. The van der Waals surface area contributed by atoms with Gasteiger partial charge in [0.2, 0.25) is 0 Å². The van der Waals surface area contributed by atoms with Gasteiger partial charge in [-0.1, -0.05) is 24.9 Å². The van der Waals surface area contributed by atoms with Crippen LogP contribution in [0, 0.1) is 0 Å². The van der Waals surface area contributed by atoms with Crippen LogP contribution in [0.1, 0.15) is 37.7 Å². The predicted octanol–water partition coefficient (Wildman–Crippen LogP) is 2.46. The van der Waals surface area contributed by atoms with Gasteiger partial charge < -0.3 is 4.74 Å². The van der Waals surface area contributed by atoms with Gasteiger partial charge in [-0.15, -0.1) is 0 Å². The maximum atomic E-state index is 11.1. The van der Waals surface area contributed by atoms with Crippen LogP contribution in [0.25, 0.3) is 11.0 Å². The van der Waals surface area contributed by atoms with Crippen LogP contribution in [-0.4, -0.2) is 32.8 Å². The molecular formula is C14H19ClN4O2. The number of hydrogen-bond donors (Lipinski definition) is 0. The second-order valence-corrected chi connectivity index (χ2v) is 5.24. The number of carbonyl (C=O) groups excluding carboxylic acids is 1. The normalized spacial score (nSPS) is 11.0. The van der Waals surface area contributed by atoms with Crippen molar-refractivity contribution in [3.05, 3.63) is 16.7 Å². The molecule has 0 bridgehead atoms. The molecule has 0 spiro atoms. The Balaban J connectivity index is 2.26. The Morgan fingerprint density at radius 3 is 2.76 bits per heavy atom. The highest BCUT2D eigenvalue weighted by molar-refractivity contribution is 6.33. The molecule has 0 amide bonds. The van der Waals surface area contributed by atoms with Crippen LogP contribution in [0.4, 0.5) is 0 Å². The minimum Gasteiger partial charge on any atom is -0.469 e. The van der Waals surface area contributed by atoms with Crippen molar-refractivity contribution in [1.29, 1.82) is 0 Å². The molecular weight excluding hydrogens is 292 g/mol. The predicted molar refractivity (Wildman–Crippen MR) is 80.3 cm³/mol. The van der Waals surface area contributed by atoms with Crippen LogP contribution in [0.2, 0.25) is 5.15 Å². The molecule has 0 saturated heterocycles. The van der Waals surface area contributed by atoms with Crippen LogP contribution < -0.4 is 0 Å². The van der Waals surface area contributed by atoms with Gasteiger partial charge in [-0.3, -0.25) is 9.48 Å². The Kier molecular flexibility index (Phi) is 5.12. The largest absolute Gasteiger partial charge is 0.469 e. The van der Waals surface area contributed by atoms with Crippen molar-refractivity contribution in [3.8, 4) is 0 Å². The van der Waals surface area contributed by atoms with Gasteiger partial charge in [0.25, 0.3) is 0 Å². The van der Waals surface area contributed by atoms with Crippen molar-refractivity contribution in [2.75, 3.05) is 7.11 Å². The lowest BCUT2D eigenvalue weighted by molar-refractivity contribution is -0.140. The summed E-state index contributed by atoms with van der Waals surface area (Å²) in [7, 11) is 3.22. The summed E-state index contributed by atoms with van der Waals surface area (Å²) in [5, 5.41) is 4.87. The first-order valence-corrected chi connectivity index (χ1v) is 7.39. The van der Waals surface area contributed by atoms with E-state index < -0.39 is 0 Å². The summed E-state index contributed by atoms with van der Waals surface area (Å²) in [6.45, 7) is 2.10. The summed E-state index contributed by atoms with van der Waals surface area (Å²) in [6.07, 6.45) is 3.42. The number of halogens is 1. The lowest BCUT2D eigenvalue weighted by atomic mass is 10.2. The van der Waals surface area contributed by atoms with Gasteiger partial charge in [-0.05, 0) is 12.8 Å². The lowest BCUT2D eigenvalue weighted by Crippen LogP contribution is -2.03. The van der Waals surface area contributed by atoms with Gasteiger partial charge in [0, 0.05) is 19.9 Å². The third-order valence-corrected chi connectivity index (χ3v) is 3.51. The number of rotatable bonds is 6. The average Bonchev–Trinajstić information content (AvgIpc) is 2.76. The third kappa shape index (κ3) is 3.50. The number of ether oxygens (including phenoxy) is 1. The smallest absolute Gasteiger partial charge is 0.305 e. The van der Waals surface area contributed by atoms with Crippen molar-refractivity contribution in [2.45, 2.75) is 39.0 Å². The minimum absolute atomic E-state index is 0.227. The number of hydrogen-bond acceptors (Lipinski definition) is 5. The standard InChI is InChI=1S/C14H19ClN4O2/c1-4-6-9-12-13(19(2)18-9)14(15)17-10(16-12)7-5-8-11(20)21-3/h4-8H2,1-3H3. The lowest BCUT2D eigenvalue weighted by Gasteiger charge is -2.03. The number of fused-ring (bicyclic) bond motifs is 1. The summed E-state index contributed by atoms with van der Waals surface area (Å²) in [5.74, 6) is 0.414. The van der Waals surface area contributed by atoms with Gasteiger partial charge in [-0.25, -0.2) is 9.97 Å². The zero-order valence-corrected chi connectivity index (χ0v) is 13.3. The Hall–Kier alpha value is -1.69. The van der Waals surface area contributed by atoms with E-state index in [4.69, 9.17) is 11.6 Å². The molecule has 0 fully saturated rings. The molecule has 2 rings (SSSR count). The first kappa shape index (κ1) is 15.7. The molecule has 0 aliphatic heterocycles. The van der Waals surface area contributed by atoms with Crippen molar-refractivity contribution in [3.63, 3.8) is 0 Å². The number of aryl methyl sites for hydroxylation is 3. The van der Waals surface area contributed by atoms with Crippen LogP contribution in [0.5, 0.6) is 0 Å². The summed E-state index contributed by atoms with van der Waals surface area (Å²) in [6, 6.07) is 0. The molecule has 0 N–H and O–H groups in total. The molecule has 0 saturated carbocycles. The second kappa shape index (κ2) is 6.85. The number of esters is 1. The first-order valence-electron chi connectivity index (χ1n) is 7.01. The topological polar surface area (TPSA) is 69.9 Å². The van der Waals surface area contributed by atoms with Gasteiger partial charge in [0.05, 0.1) is 12.8 Å². The Bertz CT molecular complexity index is 654. The van der Waals surface area contributed by atoms with Gasteiger partial charge in [-0.2, -0.15) is 5.10 Å². The molecule has 0 radical (unpaired) electrons. The highest BCUT2D eigenvalue weighted by atomic mass is 35.5. The summed E-state index contributed by atoms with van der Waals surface area (Å²) in [4.78, 5) is 20.0. The average molecular weight is 311 g/mol. The van der Waals surface area contributed by atoms with Crippen LogP contribution >= 0.6 is 11.6 Å². The number of carbonyl (C=O) groups is 1. The summed E-state index contributed by atoms with van der Waals surface area (Å²) in [5.41, 5.74) is 2.51. The molecule has 0 aliphatic rings. The van der Waals surface area contributed by atoms with E-state index in [0.717, 1.165) is 29.6 Å². The molecule has 0 aliphatic carbocycles. The molecule has 114 valence electrons. The zero-order chi connectivity index (χ0) is 15.4. The van der Waals surface area contributed by atoms with Crippen LogP contribution in [0.15, 0.2) is 0 Å². The molecule has 2 aromatic rings. The molecule has 0 unspecified atom stereocenters. The van der Waals surface area contributed by atoms with E-state index in [9.17, 15) is 4.79 Å². The minimum atomic E-state index is -0.227. The van der Waals surface area contributed by atoms with E-state index in [1.54, 1.807) is 4.68 Å². The van der Waals surface area contributed by atoms with Crippen molar-refractivity contribution >= 4 is 28.6 Å². The fourth-order valence-corrected chi connectivity index (χ4v) is 2.56. The number of aromatic nitrogens is 4. The number of nitrogens with zero attached hydrogens (tertiary/aromatic N) is 4. The maximum absolute atomic E-state index is 11.1. The van der Waals surface area contributed by atoms with Crippen molar-refractivity contribution in [1.82, 2.24) is 19.7 Å². The van der Waals surface area contributed by atoms with E-state index in [1.807, 2.05) is 7.05 Å². The quantitative estimate of drug-likeness (QED) is 0.605. The second-order valence-electron chi connectivity index (χ2n) is 4.88. The van der Waals surface area contributed by atoms with Gasteiger partial charge >= 0.3 is 5.97 Å².